The van der Waals surface area contributed by atoms with Gasteiger partial charge in [-0.2, -0.15) is 20.2 Å². The van der Waals surface area contributed by atoms with Crippen LogP contribution in [0, 0.1) is 0 Å². The largest absolute Gasteiger partial charge is 0.466 e. The highest BCUT2D eigenvalue weighted by Crippen LogP contribution is 2.28. The Hall–Kier alpha value is -2.16. The molecule has 0 radical (unpaired) electrons. The number of esters is 1. The van der Waals surface area contributed by atoms with Crippen molar-refractivity contribution >= 4 is 45.1 Å². The van der Waals surface area contributed by atoms with E-state index < -0.39 is 10.1 Å². The normalized spacial score (nSPS) is 14.1. The van der Waals surface area contributed by atoms with Crippen molar-refractivity contribution in [3.8, 4) is 5.75 Å². The second-order valence-corrected chi connectivity index (χ2v) is 8.55. The average molecular weight is 426 g/mol. The van der Waals surface area contributed by atoms with Crippen LogP contribution in [0.5, 0.6) is 5.75 Å². The van der Waals surface area contributed by atoms with E-state index in [0.29, 0.717) is 27.8 Å². The van der Waals surface area contributed by atoms with Crippen LogP contribution in [0.15, 0.2) is 64.7 Å². The first kappa shape index (κ1) is 19.6. The second kappa shape index (κ2) is 8.24. The lowest BCUT2D eigenvalue weighted by atomic mass is 10.2. The molecule has 2 aromatic carbocycles. The Labute approximate surface area is 166 Å². The van der Waals surface area contributed by atoms with E-state index in [4.69, 9.17) is 20.5 Å². The number of ether oxygens (including phenoxy) is 1. The van der Waals surface area contributed by atoms with Crippen molar-refractivity contribution in [3.63, 3.8) is 0 Å². The molecule has 0 bridgehead atoms. The van der Waals surface area contributed by atoms with Crippen molar-refractivity contribution in [1.82, 2.24) is 0 Å². The highest BCUT2D eigenvalue weighted by molar-refractivity contribution is 8.00. The van der Waals surface area contributed by atoms with Gasteiger partial charge < -0.3 is 14.2 Å². The fraction of sp³-hybridized carbons (Fsp3) is 0.167. The van der Waals surface area contributed by atoms with Crippen LogP contribution in [-0.2, 0) is 19.6 Å². The molecule has 0 fully saturated rings. The number of hydrogen-bond acceptors (Lipinski definition) is 7. The molecule has 142 valence electrons. The van der Waals surface area contributed by atoms with Crippen molar-refractivity contribution in [1.29, 1.82) is 0 Å². The zero-order chi connectivity index (χ0) is 19.4. The number of hydrogen-bond donors (Lipinski definition) is 1. The summed E-state index contributed by atoms with van der Waals surface area (Å²) in [5.74, 6) is 1.10. The number of anilines is 1. The molecule has 0 spiro atoms. The van der Waals surface area contributed by atoms with Gasteiger partial charge in [-0.1, -0.05) is 11.6 Å². The first-order valence-electron chi connectivity index (χ1n) is 7.84. The number of benzene rings is 2. The quantitative estimate of drug-likeness (QED) is 0.558. The van der Waals surface area contributed by atoms with Gasteiger partial charge in [0, 0.05) is 27.9 Å². The zero-order valence-electron chi connectivity index (χ0n) is 14.3. The number of carbonyl (C=O) groups is 1. The number of nitrogens with one attached hydrogen (secondary N) is 1. The molecule has 1 aliphatic heterocycles. The molecule has 6 nitrogen and oxygen atoms in total. The molecule has 2 aromatic rings. The molecular formula is C18H16ClNO5S2. The lowest BCUT2D eigenvalue weighted by Crippen LogP contribution is -2.11. The van der Waals surface area contributed by atoms with Crippen molar-refractivity contribution in [2.75, 3.05) is 23.9 Å². The summed E-state index contributed by atoms with van der Waals surface area (Å²) >= 11 is 7.38. The average Bonchev–Trinajstić information content (AvgIpc) is 3.11. The molecule has 0 aromatic heterocycles. The topological polar surface area (TPSA) is 81.7 Å². The molecule has 0 saturated heterocycles. The second-order valence-electron chi connectivity index (χ2n) is 5.58. The summed E-state index contributed by atoms with van der Waals surface area (Å²) in [4.78, 5) is 11.8. The molecule has 1 aliphatic rings. The predicted molar refractivity (Wildman–Crippen MR) is 106 cm³/mol. The van der Waals surface area contributed by atoms with E-state index in [1.165, 1.54) is 43.5 Å². The van der Waals surface area contributed by atoms with Gasteiger partial charge in [0.2, 0.25) is 0 Å². The van der Waals surface area contributed by atoms with Crippen LogP contribution in [0.4, 0.5) is 5.69 Å². The van der Waals surface area contributed by atoms with Gasteiger partial charge in [-0.3, -0.25) is 0 Å². The summed E-state index contributed by atoms with van der Waals surface area (Å²) in [6, 6.07) is 12.2. The zero-order valence-corrected chi connectivity index (χ0v) is 16.7. The molecule has 0 saturated carbocycles. The maximum atomic E-state index is 12.3. The van der Waals surface area contributed by atoms with Crippen LogP contribution in [-0.4, -0.2) is 33.0 Å². The van der Waals surface area contributed by atoms with Gasteiger partial charge in [-0.25, -0.2) is 4.79 Å². The number of halogens is 1. The minimum atomic E-state index is -3.94. The maximum absolute atomic E-state index is 12.3. The molecule has 0 aliphatic carbocycles. The number of thioether (sulfide) groups is 1. The van der Waals surface area contributed by atoms with Crippen molar-refractivity contribution in [3.05, 3.63) is 64.8 Å². The van der Waals surface area contributed by atoms with Crippen molar-refractivity contribution in [2.45, 2.75) is 4.90 Å². The van der Waals surface area contributed by atoms with E-state index in [2.05, 4.69) is 5.32 Å². The molecule has 0 unspecified atom stereocenters. The summed E-state index contributed by atoms with van der Waals surface area (Å²) in [6.45, 7) is 0. The Bertz CT molecular complexity index is 970. The lowest BCUT2D eigenvalue weighted by molar-refractivity contribution is -0.136. The van der Waals surface area contributed by atoms with E-state index in [9.17, 15) is 13.2 Å². The SMILES string of the molecule is COC(=O)C1=C(Nc2ccc(OS(=O)(=O)c3ccc(Cl)cc3)cc2)CSC1. The van der Waals surface area contributed by atoms with Crippen LogP contribution in [0.2, 0.25) is 5.02 Å². The molecule has 0 amide bonds. The molecule has 0 atom stereocenters. The predicted octanol–water partition coefficient (Wildman–Crippen LogP) is 3.69. The summed E-state index contributed by atoms with van der Waals surface area (Å²) in [7, 11) is -2.59. The minimum absolute atomic E-state index is 0.0185. The fourth-order valence-electron chi connectivity index (χ4n) is 2.39. The Kier molecular flexibility index (Phi) is 5.98. The van der Waals surface area contributed by atoms with Gasteiger partial charge in [-0.05, 0) is 48.5 Å². The number of rotatable bonds is 6. The summed E-state index contributed by atoms with van der Waals surface area (Å²) in [5, 5.41) is 3.61. The van der Waals surface area contributed by atoms with E-state index >= 15 is 0 Å². The van der Waals surface area contributed by atoms with Gasteiger partial charge in [0.15, 0.2) is 0 Å². The van der Waals surface area contributed by atoms with Gasteiger partial charge in [-0.15, -0.1) is 0 Å². The van der Waals surface area contributed by atoms with Gasteiger partial charge in [0.1, 0.15) is 10.6 Å². The summed E-state index contributed by atoms with van der Waals surface area (Å²) in [6.07, 6.45) is 0. The van der Waals surface area contributed by atoms with Crippen molar-refractivity contribution < 1.29 is 22.1 Å². The van der Waals surface area contributed by atoms with Crippen LogP contribution in [0.25, 0.3) is 0 Å². The summed E-state index contributed by atoms with van der Waals surface area (Å²) in [5.41, 5.74) is 2.10. The molecule has 1 N–H and O–H groups in total. The third-order valence-electron chi connectivity index (χ3n) is 3.75. The van der Waals surface area contributed by atoms with E-state index in [-0.39, 0.29) is 16.6 Å². The molecule has 27 heavy (non-hydrogen) atoms. The fourth-order valence-corrected chi connectivity index (χ4v) is 4.50. The van der Waals surface area contributed by atoms with Crippen molar-refractivity contribution in [2.24, 2.45) is 0 Å². The Morgan fingerprint density at radius 1 is 1.07 bits per heavy atom. The van der Waals surface area contributed by atoms with Crippen LogP contribution >= 0.6 is 23.4 Å². The highest BCUT2D eigenvalue weighted by atomic mass is 35.5. The van der Waals surface area contributed by atoms with Gasteiger partial charge in [0.25, 0.3) is 0 Å². The van der Waals surface area contributed by atoms with Crippen LogP contribution in [0.3, 0.4) is 0 Å². The Morgan fingerprint density at radius 3 is 2.37 bits per heavy atom. The minimum Gasteiger partial charge on any atom is -0.466 e. The number of methoxy groups -OCH3 is 1. The Morgan fingerprint density at radius 2 is 1.74 bits per heavy atom. The van der Waals surface area contributed by atoms with E-state index in [0.717, 1.165) is 5.70 Å². The van der Waals surface area contributed by atoms with Crippen LogP contribution in [0.1, 0.15) is 0 Å². The Balaban J connectivity index is 1.72. The molecule has 9 heteroatoms. The first-order chi connectivity index (χ1) is 12.9. The lowest BCUT2D eigenvalue weighted by Gasteiger charge is -2.11. The van der Waals surface area contributed by atoms with E-state index in [1.54, 1.807) is 23.9 Å². The smallest absolute Gasteiger partial charge is 0.339 e. The molecule has 1 heterocycles. The van der Waals surface area contributed by atoms with Gasteiger partial charge in [0.05, 0.1) is 12.7 Å². The maximum Gasteiger partial charge on any atom is 0.339 e. The molecular weight excluding hydrogens is 410 g/mol. The standard InChI is InChI=1S/C18H16ClNO5S2/c1-24-18(21)16-10-26-11-17(16)20-13-4-6-14(7-5-13)25-27(22,23)15-8-2-12(19)3-9-15/h2-9,20H,10-11H2,1H3. The van der Waals surface area contributed by atoms with E-state index in [1.807, 2.05) is 0 Å². The monoisotopic (exact) mass is 425 g/mol. The third kappa shape index (κ3) is 4.77. The first-order valence-corrected chi connectivity index (χ1v) is 10.8. The third-order valence-corrected chi connectivity index (χ3v) is 6.25. The van der Waals surface area contributed by atoms with Gasteiger partial charge >= 0.3 is 16.1 Å². The summed E-state index contributed by atoms with van der Waals surface area (Å²) < 4.78 is 34.5. The van der Waals surface area contributed by atoms with Crippen LogP contribution < -0.4 is 9.50 Å². The molecule has 3 rings (SSSR count). The highest BCUT2D eigenvalue weighted by Gasteiger charge is 2.22. The number of carbonyl (C=O) groups excluding carboxylic acids is 1.